The van der Waals surface area contributed by atoms with E-state index in [1.807, 2.05) is 5.32 Å². The van der Waals surface area contributed by atoms with Gasteiger partial charge in [-0.2, -0.15) is 13.2 Å². The minimum absolute atomic E-state index is 0.0610. The van der Waals surface area contributed by atoms with Gasteiger partial charge in [0.1, 0.15) is 17.9 Å². The number of nitrogen functional groups attached to an aromatic ring is 1. The minimum Gasteiger partial charge on any atom is -0.384 e. The van der Waals surface area contributed by atoms with E-state index in [4.69, 9.17) is 17.3 Å². The normalized spacial score (nSPS) is 21.0. The summed E-state index contributed by atoms with van der Waals surface area (Å²) >= 11 is 5.94. The van der Waals surface area contributed by atoms with Crippen LogP contribution in [0, 0.1) is 11.8 Å². The summed E-state index contributed by atoms with van der Waals surface area (Å²) in [5.74, 6) is -2.89. The van der Waals surface area contributed by atoms with Crippen molar-refractivity contribution >= 4 is 41.0 Å². The number of pyridine rings is 1. The van der Waals surface area contributed by atoms with Crippen LogP contribution in [-0.4, -0.2) is 53.0 Å². The van der Waals surface area contributed by atoms with Crippen LogP contribution in [0.25, 0.3) is 0 Å². The predicted molar refractivity (Wildman–Crippen MR) is 136 cm³/mol. The monoisotopic (exact) mass is 551 g/mol. The third-order valence-electron chi connectivity index (χ3n) is 7.28. The molecule has 1 saturated carbocycles. The first-order chi connectivity index (χ1) is 18.0. The van der Waals surface area contributed by atoms with Gasteiger partial charge in [0.05, 0.1) is 5.92 Å². The standard InChI is InChI=1S/C26H29ClF3N5O3/c1-34(18-9-7-17(27)8-10-18)24(37)21-19(13-15-11-12-32-20(31)14-15)23(36)35(21)25(38)33-22(26(28,29)30)16-5-3-2-4-6-16/h7-12,14,16,19,21-22H,2-6,13H2,1H3,(H2,31,32)(H,33,38)/t19-,21+,22+/m1/s1. The maximum atomic E-state index is 14.0. The van der Waals surface area contributed by atoms with Gasteiger partial charge in [0.2, 0.25) is 5.91 Å². The molecule has 204 valence electrons. The fraction of sp³-hybridized carbons (Fsp3) is 0.462. The Morgan fingerprint density at radius 2 is 1.84 bits per heavy atom. The number of likely N-dealkylation sites (N-methyl/N-ethyl adjacent to an activating group) is 1. The summed E-state index contributed by atoms with van der Waals surface area (Å²) in [4.78, 5) is 45.7. The van der Waals surface area contributed by atoms with Gasteiger partial charge >= 0.3 is 12.2 Å². The van der Waals surface area contributed by atoms with E-state index in [9.17, 15) is 27.6 Å². The highest BCUT2D eigenvalue weighted by atomic mass is 35.5. The highest BCUT2D eigenvalue weighted by molar-refractivity contribution is 6.30. The SMILES string of the molecule is CN(C(=O)[C@@H]1[C@@H](Cc2ccnc(N)c2)C(=O)N1C(=O)N[C@@H](C1CCCCC1)C(F)(F)F)c1ccc(Cl)cc1. The van der Waals surface area contributed by atoms with Crippen LogP contribution in [0.2, 0.25) is 5.02 Å². The van der Waals surface area contributed by atoms with Crippen LogP contribution in [0.15, 0.2) is 42.6 Å². The van der Waals surface area contributed by atoms with Gasteiger partial charge in [-0.3, -0.25) is 14.5 Å². The number of β-lactam (4-membered cyclic amide) rings is 1. The molecule has 3 atom stereocenters. The lowest BCUT2D eigenvalue weighted by atomic mass is 9.81. The molecule has 1 saturated heterocycles. The fourth-order valence-electron chi connectivity index (χ4n) is 5.26. The Morgan fingerprint density at radius 3 is 2.45 bits per heavy atom. The average molecular weight is 552 g/mol. The second-order valence-corrected chi connectivity index (χ2v) is 10.2. The van der Waals surface area contributed by atoms with Crippen molar-refractivity contribution in [2.24, 2.45) is 11.8 Å². The predicted octanol–water partition coefficient (Wildman–Crippen LogP) is 4.57. The summed E-state index contributed by atoms with van der Waals surface area (Å²) < 4.78 is 41.9. The van der Waals surface area contributed by atoms with Crippen LogP contribution in [-0.2, 0) is 16.0 Å². The van der Waals surface area contributed by atoms with E-state index in [0.717, 1.165) is 6.42 Å². The number of urea groups is 1. The number of aromatic nitrogens is 1. The number of likely N-dealkylation sites (tertiary alicyclic amines) is 1. The van der Waals surface area contributed by atoms with E-state index in [1.165, 1.54) is 18.1 Å². The summed E-state index contributed by atoms with van der Waals surface area (Å²) in [6.07, 6.45) is -0.412. The number of rotatable bonds is 6. The fourth-order valence-corrected chi connectivity index (χ4v) is 5.39. The molecule has 4 rings (SSSR count). The molecule has 2 fully saturated rings. The molecule has 0 bridgehead atoms. The molecular weight excluding hydrogens is 523 g/mol. The largest absolute Gasteiger partial charge is 0.408 e. The average Bonchev–Trinajstić information content (AvgIpc) is 2.88. The van der Waals surface area contributed by atoms with Crippen molar-refractivity contribution in [3.63, 3.8) is 0 Å². The van der Waals surface area contributed by atoms with Crippen molar-refractivity contribution in [3.05, 3.63) is 53.2 Å². The summed E-state index contributed by atoms with van der Waals surface area (Å²) in [6.45, 7) is 0. The Morgan fingerprint density at radius 1 is 1.18 bits per heavy atom. The van der Waals surface area contributed by atoms with Gasteiger partial charge in [0, 0.05) is 24.0 Å². The number of nitrogens with zero attached hydrogens (tertiary/aromatic N) is 3. The number of amides is 4. The zero-order valence-corrected chi connectivity index (χ0v) is 21.5. The molecule has 38 heavy (non-hydrogen) atoms. The van der Waals surface area contributed by atoms with Gasteiger partial charge < -0.3 is 16.0 Å². The molecule has 4 amide bonds. The summed E-state index contributed by atoms with van der Waals surface area (Å²) in [7, 11) is 1.46. The van der Waals surface area contributed by atoms with Crippen molar-refractivity contribution < 1.29 is 27.6 Å². The van der Waals surface area contributed by atoms with E-state index in [0.29, 0.717) is 46.9 Å². The van der Waals surface area contributed by atoms with Gasteiger partial charge in [-0.25, -0.2) is 9.78 Å². The number of imide groups is 1. The number of carbonyl (C=O) groups is 3. The van der Waals surface area contributed by atoms with Gasteiger partial charge in [-0.15, -0.1) is 0 Å². The number of benzene rings is 1. The van der Waals surface area contributed by atoms with Crippen molar-refractivity contribution in [3.8, 4) is 0 Å². The third kappa shape index (κ3) is 5.87. The van der Waals surface area contributed by atoms with E-state index in [2.05, 4.69) is 4.98 Å². The number of anilines is 2. The first-order valence-corrected chi connectivity index (χ1v) is 12.8. The van der Waals surface area contributed by atoms with Gasteiger partial charge in [-0.1, -0.05) is 30.9 Å². The first-order valence-electron chi connectivity index (χ1n) is 12.4. The highest BCUT2D eigenvalue weighted by Crippen LogP contribution is 2.37. The number of nitrogens with one attached hydrogen (secondary N) is 1. The Balaban J connectivity index is 1.60. The summed E-state index contributed by atoms with van der Waals surface area (Å²) in [6, 6.07) is 4.86. The van der Waals surface area contributed by atoms with E-state index < -0.39 is 47.9 Å². The topological polar surface area (TPSA) is 109 Å². The van der Waals surface area contributed by atoms with Crippen LogP contribution in [0.4, 0.5) is 29.5 Å². The van der Waals surface area contributed by atoms with Crippen molar-refractivity contribution in [2.75, 3.05) is 17.7 Å². The molecule has 0 spiro atoms. The Labute approximate surface area is 223 Å². The molecule has 1 aromatic carbocycles. The Kier molecular flexibility index (Phi) is 8.15. The Hall–Kier alpha value is -3.34. The van der Waals surface area contributed by atoms with Crippen LogP contribution in [0.1, 0.15) is 37.7 Å². The summed E-state index contributed by atoms with van der Waals surface area (Å²) in [5.41, 5.74) is 6.79. The lowest BCUT2D eigenvalue weighted by Crippen LogP contribution is -2.71. The van der Waals surface area contributed by atoms with Crippen LogP contribution in [0.5, 0.6) is 0 Å². The maximum absolute atomic E-state index is 14.0. The smallest absolute Gasteiger partial charge is 0.384 e. The van der Waals surface area contributed by atoms with Crippen LogP contribution >= 0.6 is 11.6 Å². The molecular formula is C26H29ClF3N5O3. The molecule has 0 unspecified atom stereocenters. The molecule has 8 nitrogen and oxygen atoms in total. The molecule has 1 aliphatic heterocycles. The van der Waals surface area contributed by atoms with Gasteiger partial charge in [0.25, 0.3) is 5.91 Å². The molecule has 0 radical (unpaired) electrons. The third-order valence-corrected chi connectivity index (χ3v) is 7.54. The molecule has 2 aromatic rings. The minimum atomic E-state index is -4.70. The lowest BCUT2D eigenvalue weighted by Gasteiger charge is -2.46. The van der Waals surface area contributed by atoms with Crippen molar-refractivity contribution in [1.82, 2.24) is 15.2 Å². The number of hydrogen-bond donors (Lipinski definition) is 2. The summed E-state index contributed by atoms with van der Waals surface area (Å²) in [5, 5.41) is 2.49. The quantitative estimate of drug-likeness (QED) is 0.511. The number of alkyl halides is 3. The molecule has 2 heterocycles. The van der Waals surface area contributed by atoms with Crippen LogP contribution < -0.4 is 16.0 Å². The number of carbonyl (C=O) groups excluding carboxylic acids is 3. The second-order valence-electron chi connectivity index (χ2n) is 9.79. The molecule has 1 aromatic heterocycles. The molecule has 12 heteroatoms. The van der Waals surface area contributed by atoms with Crippen molar-refractivity contribution in [1.29, 1.82) is 0 Å². The molecule has 3 N–H and O–H groups in total. The van der Waals surface area contributed by atoms with Crippen LogP contribution in [0.3, 0.4) is 0 Å². The first kappa shape index (κ1) is 27.7. The second kappa shape index (κ2) is 11.2. The highest BCUT2D eigenvalue weighted by Gasteiger charge is 2.56. The van der Waals surface area contributed by atoms with Gasteiger partial charge in [0.15, 0.2) is 0 Å². The van der Waals surface area contributed by atoms with E-state index in [1.54, 1.807) is 36.4 Å². The number of hydrogen-bond acceptors (Lipinski definition) is 5. The zero-order valence-electron chi connectivity index (χ0n) is 20.7. The maximum Gasteiger partial charge on any atom is 0.408 e. The lowest BCUT2D eigenvalue weighted by molar-refractivity contribution is -0.170. The zero-order chi connectivity index (χ0) is 27.6. The van der Waals surface area contributed by atoms with Gasteiger partial charge in [-0.05, 0) is 67.1 Å². The number of halogens is 4. The van der Waals surface area contributed by atoms with E-state index >= 15 is 0 Å². The van der Waals surface area contributed by atoms with Crippen molar-refractivity contribution in [2.45, 2.75) is 56.8 Å². The number of nitrogens with two attached hydrogens (primary N) is 1. The molecule has 2 aliphatic rings. The Bertz CT molecular complexity index is 1190. The molecule has 1 aliphatic carbocycles. The van der Waals surface area contributed by atoms with E-state index in [-0.39, 0.29) is 12.2 Å².